The van der Waals surface area contributed by atoms with E-state index in [1.54, 1.807) is 18.4 Å². The van der Waals surface area contributed by atoms with E-state index < -0.39 is 0 Å². The standard InChI is InChI=1S/C14H19N5O2/c1-10-5-3-6-11(2)19(10)13(20)9-18-16-14(15-17-18)12-7-4-8-21-12/h4,7-8,10-11H,3,5-6,9H2,1-2H3/t10-,11-/m1/s1. The van der Waals surface area contributed by atoms with Gasteiger partial charge in [0.25, 0.3) is 0 Å². The number of hydrogen-bond donors (Lipinski definition) is 0. The number of rotatable bonds is 3. The normalized spacial score (nSPS) is 22.5. The number of carbonyl (C=O) groups is 1. The molecule has 0 bridgehead atoms. The Morgan fingerprint density at radius 1 is 1.38 bits per heavy atom. The van der Waals surface area contributed by atoms with Crippen molar-refractivity contribution in [3.8, 4) is 11.6 Å². The molecule has 2 aromatic heterocycles. The van der Waals surface area contributed by atoms with E-state index in [1.165, 1.54) is 11.2 Å². The number of aromatic nitrogens is 4. The summed E-state index contributed by atoms with van der Waals surface area (Å²) in [6.07, 6.45) is 4.84. The Balaban J connectivity index is 1.70. The topological polar surface area (TPSA) is 77.0 Å². The van der Waals surface area contributed by atoms with Crippen LogP contribution in [0.1, 0.15) is 33.1 Å². The number of amides is 1. The van der Waals surface area contributed by atoms with E-state index in [-0.39, 0.29) is 24.5 Å². The first kappa shape index (κ1) is 13.8. The van der Waals surface area contributed by atoms with Gasteiger partial charge in [0, 0.05) is 12.1 Å². The molecule has 0 aliphatic carbocycles. The fourth-order valence-electron chi connectivity index (χ4n) is 2.93. The second-order valence-corrected chi connectivity index (χ2v) is 5.55. The second-order valence-electron chi connectivity index (χ2n) is 5.55. The van der Waals surface area contributed by atoms with Crippen molar-refractivity contribution < 1.29 is 9.21 Å². The smallest absolute Gasteiger partial charge is 0.246 e. The lowest BCUT2D eigenvalue weighted by Crippen LogP contribution is -2.48. The van der Waals surface area contributed by atoms with Crippen LogP contribution in [-0.2, 0) is 11.3 Å². The summed E-state index contributed by atoms with van der Waals surface area (Å²) in [6.45, 7) is 4.30. The fraction of sp³-hybridized carbons (Fsp3) is 0.571. The zero-order chi connectivity index (χ0) is 14.8. The third-order valence-corrected chi connectivity index (χ3v) is 3.95. The molecule has 7 nitrogen and oxygen atoms in total. The molecule has 1 fully saturated rings. The molecule has 1 saturated heterocycles. The van der Waals surface area contributed by atoms with Crippen LogP contribution in [0.2, 0.25) is 0 Å². The lowest BCUT2D eigenvalue weighted by molar-refractivity contribution is -0.138. The molecule has 112 valence electrons. The molecule has 1 aliphatic heterocycles. The summed E-state index contributed by atoms with van der Waals surface area (Å²) in [6, 6.07) is 4.07. The van der Waals surface area contributed by atoms with Gasteiger partial charge in [-0.2, -0.15) is 4.80 Å². The minimum Gasteiger partial charge on any atom is -0.461 e. The van der Waals surface area contributed by atoms with E-state index in [9.17, 15) is 4.79 Å². The Morgan fingerprint density at radius 2 is 2.14 bits per heavy atom. The van der Waals surface area contributed by atoms with Crippen molar-refractivity contribution in [1.29, 1.82) is 0 Å². The molecule has 2 atom stereocenters. The van der Waals surface area contributed by atoms with Crippen LogP contribution >= 0.6 is 0 Å². The average molecular weight is 289 g/mol. The number of nitrogens with zero attached hydrogens (tertiary/aromatic N) is 5. The third-order valence-electron chi connectivity index (χ3n) is 3.95. The molecule has 1 aliphatic rings. The largest absolute Gasteiger partial charge is 0.461 e. The van der Waals surface area contributed by atoms with Gasteiger partial charge < -0.3 is 9.32 Å². The summed E-state index contributed by atoms with van der Waals surface area (Å²) >= 11 is 0. The van der Waals surface area contributed by atoms with E-state index in [2.05, 4.69) is 29.3 Å². The van der Waals surface area contributed by atoms with Gasteiger partial charge in [0.15, 0.2) is 5.76 Å². The first-order valence-corrected chi connectivity index (χ1v) is 7.28. The molecule has 0 saturated carbocycles. The Bertz CT molecular complexity index is 597. The lowest BCUT2D eigenvalue weighted by atomic mass is 9.97. The van der Waals surface area contributed by atoms with Crippen molar-refractivity contribution in [3.05, 3.63) is 18.4 Å². The second kappa shape index (κ2) is 5.67. The van der Waals surface area contributed by atoms with Crippen molar-refractivity contribution in [2.45, 2.75) is 51.7 Å². The molecule has 21 heavy (non-hydrogen) atoms. The van der Waals surface area contributed by atoms with Crippen LogP contribution in [0.4, 0.5) is 0 Å². The van der Waals surface area contributed by atoms with Crippen molar-refractivity contribution in [3.63, 3.8) is 0 Å². The van der Waals surface area contributed by atoms with Gasteiger partial charge in [-0.15, -0.1) is 10.2 Å². The quantitative estimate of drug-likeness (QED) is 0.860. The molecule has 7 heteroatoms. The average Bonchev–Trinajstić information content (AvgIpc) is 3.08. The summed E-state index contributed by atoms with van der Waals surface area (Å²) in [5.74, 6) is 0.985. The van der Waals surface area contributed by atoms with Crippen LogP contribution < -0.4 is 0 Å². The van der Waals surface area contributed by atoms with Gasteiger partial charge in [-0.3, -0.25) is 4.79 Å². The van der Waals surface area contributed by atoms with E-state index in [1.807, 2.05) is 4.90 Å². The Morgan fingerprint density at radius 3 is 2.81 bits per heavy atom. The number of carbonyl (C=O) groups excluding carboxylic acids is 1. The zero-order valence-electron chi connectivity index (χ0n) is 12.3. The molecule has 3 rings (SSSR count). The summed E-state index contributed by atoms with van der Waals surface area (Å²) in [4.78, 5) is 15.7. The highest BCUT2D eigenvalue weighted by Crippen LogP contribution is 2.22. The summed E-state index contributed by atoms with van der Waals surface area (Å²) in [7, 11) is 0. The molecule has 0 N–H and O–H groups in total. The molecular formula is C14H19N5O2. The van der Waals surface area contributed by atoms with Crippen molar-refractivity contribution >= 4 is 5.91 Å². The van der Waals surface area contributed by atoms with Gasteiger partial charge in [0.1, 0.15) is 6.54 Å². The molecular weight excluding hydrogens is 270 g/mol. The van der Waals surface area contributed by atoms with Crippen LogP contribution in [0.5, 0.6) is 0 Å². The number of tetrazole rings is 1. The van der Waals surface area contributed by atoms with Crippen molar-refractivity contribution in [1.82, 2.24) is 25.1 Å². The van der Waals surface area contributed by atoms with Gasteiger partial charge in [0.2, 0.25) is 11.7 Å². The SMILES string of the molecule is C[C@@H]1CCC[C@@H](C)N1C(=O)Cn1nnc(-c2ccco2)n1. The first-order chi connectivity index (χ1) is 10.1. The minimum atomic E-state index is 0.0399. The van der Waals surface area contributed by atoms with Crippen molar-refractivity contribution in [2.75, 3.05) is 0 Å². The van der Waals surface area contributed by atoms with Crippen LogP contribution in [0.15, 0.2) is 22.8 Å². The maximum Gasteiger partial charge on any atom is 0.246 e. The zero-order valence-corrected chi connectivity index (χ0v) is 12.3. The lowest BCUT2D eigenvalue weighted by Gasteiger charge is -2.38. The number of likely N-dealkylation sites (tertiary alicyclic amines) is 1. The Kier molecular flexibility index (Phi) is 3.72. The van der Waals surface area contributed by atoms with Gasteiger partial charge in [-0.1, -0.05) is 0 Å². The molecule has 1 amide bonds. The molecule has 0 aromatic carbocycles. The molecule has 3 heterocycles. The van der Waals surface area contributed by atoms with E-state index in [0.717, 1.165) is 12.8 Å². The molecule has 2 aromatic rings. The summed E-state index contributed by atoms with van der Waals surface area (Å²) in [5, 5.41) is 12.0. The minimum absolute atomic E-state index is 0.0399. The van der Waals surface area contributed by atoms with E-state index in [0.29, 0.717) is 11.6 Å². The van der Waals surface area contributed by atoms with Gasteiger partial charge in [-0.25, -0.2) is 0 Å². The predicted octanol–water partition coefficient (Wildman–Crippen LogP) is 1.72. The van der Waals surface area contributed by atoms with Crippen LogP contribution in [-0.4, -0.2) is 43.1 Å². The molecule has 0 spiro atoms. The maximum atomic E-state index is 12.5. The van der Waals surface area contributed by atoms with Crippen LogP contribution in [0, 0.1) is 0 Å². The van der Waals surface area contributed by atoms with Crippen LogP contribution in [0.3, 0.4) is 0 Å². The fourth-order valence-corrected chi connectivity index (χ4v) is 2.93. The Labute approximate surface area is 122 Å². The molecule has 0 radical (unpaired) electrons. The first-order valence-electron chi connectivity index (χ1n) is 7.28. The maximum absolute atomic E-state index is 12.5. The number of piperidine rings is 1. The number of furan rings is 1. The third kappa shape index (κ3) is 2.81. The molecule has 0 unspecified atom stereocenters. The highest BCUT2D eigenvalue weighted by atomic mass is 16.3. The van der Waals surface area contributed by atoms with Crippen molar-refractivity contribution in [2.24, 2.45) is 0 Å². The summed E-state index contributed by atoms with van der Waals surface area (Å²) < 4.78 is 5.21. The van der Waals surface area contributed by atoms with Gasteiger partial charge >= 0.3 is 0 Å². The monoisotopic (exact) mass is 289 g/mol. The van der Waals surface area contributed by atoms with Gasteiger partial charge in [0.05, 0.1) is 6.26 Å². The predicted molar refractivity (Wildman–Crippen MR) is 75.1 cm³/mol. The van der Waals surface area contributed by atoms with Crippen LogP contribution in [0.25, 0.3) is 11.6 Å². The number of hydrogen-bond acceptors (Lipinski definition) is 5. The Hall–Kier alpha value is -2.18. The van der Waals surface area contributed by atoms with Gasteiger partial charge in [-0.05, 0) is 50.5 Å². The highest BCUT2D eigenvalue weighted by molar-refractivity contribution is 5.76. The van der Waals surface area contributed by atoms with E-state index in [4.69, 9.17) is 4.42 Å². The van der Waals surface area contributed by atoms with E-state index >= 15 is 0 Å². The highest BCUT2D eigenvalue weighted by Gasteiger charge is 2.29. The summed E-state index contributed by atoms with van der Waals surface area (Å²) in [5.41, 5.74) is 0.